The van der Waals surface area contributed by atoms with Crippen molar-refractivity contribution in [3.8, 4) is 0 Å². The first kappa shape index (κ1) is 19.0. The number of para-hydroxylation sites is 2. The molecule has 156 valence electrons. The Hall–Kier alpha value is -3.02. The molecule has 2 aromatic rings. The van der Waals surface area contributed by atoms with E-state index in [9.17, 15) is 4.79 Å². The van der Waals surface area contributed by atoms with Gasteiger partial charge in [0.05, 0.1) is 23.6 Å². The molecule has 3 aliphatic heterocycles. The van der Waals surface area contributed by atoms with Gasteiger partial charge in [-0.15, -0.1) is 0 Å². The number of aromatic nitrogens is 1. The van der Waals surface area contributed by atoms with E-state index in [1.165, 1.54) is 6.42 Å². The standard InChI is InChI=1S/C24H28N4O2/c1-4-30-24(29)18-12-17-20(27-13-15(2)11-16(3)14-27)9-10-25-22(17)28-21-8-6-5-7-19(21)26-23(18)28/h5-10,12,15-16,23,26H,4,11,13-14H2,1-3H3/t15-,16+,23?. The maximum atomic E-state index is 12.9. The number of benzene rings is 1. The Bertz CT molecular complexity index is 1010. The average Bonchev–Trinajstić information content (AvgIpc) is 3.12. The van der Waals surface area contributed by atoms with E-state index in [1.807, 2.05) is 37.4 Å². The molecule has 6 nitrogen and oxygen atoms in total. The number of anilines is 4. The summed E-state index contributed by atoms with van der Waals surface area (Å²) in [6.45, 7) is 8.85. The quantitative estimate of drug-likeness (QED) is 0.765. The molecule has 5 rings (SSSR count). The zero-order valence-electron chi connectivity index (χ0n) is 17.8. The largest absolute Gasteiger partial charge is 0.463 e. The Labute approximate surface area is 177 Å². The van der Waals surface area contributed by atoms with Crippen LogP contribution in [0.4, 0.5) is 22.9 Å². The Morgan fingerprint density at radius 3 is 2.70 bits per heavy atom. The van der Waals surface area contributed by atoms with Gasteiger partial charge in [0.2, 0.25) is 0 Å². The predicted octanol–water partition coefficient (Wildman–Crippen LogP) is 4.41. The third-order valence-electron chi connectivity index (χ3n) is 6.20. The SMILES string of the molecule is CCOC(=O)C1=Cc2c(N3C[C@H](C)C[C@H](C)C3)ccnc2N2c3ccccc3NC12. The number of esters is 1. The van der Waals surface area contributed by atoms with Gasteiger partial charge in [0, 0.05) is 30.5 Å². The number of nitrogens with one attached hydrogen (secondary N) is 1. The maximum absolute atomic E-state index is 12.9. The molecule has 1 unspecified atom stereocenters. The van der Waals surface area contributed by atoms with E-state index in [2.05, 4.69) is 41.1 Å². The molecule has 1 saturated heterocycles. The van der Waals surface area contributed by atoms with Crippen LogP contribution in [-0.2, 0) is 9.53 Å². The van der Waals surface area contributed by atoms with Gasteiger partial charge in [-0.3, -0.25) is 4.90 Å². The Balaban J connectivity index is 1.66. The van der Waals surface area contributed by atoms with Crippen molar-refractivity contribution in [3.05, 3.63) is 47.7 Å². The molecule has 30 heavy (non-hydrogen) atoms. The second-order valence-corrected chi connectivity index (χ2v) is 8.67. The Morgan fingerprint density at radius 1 is 1.17 bits per heavy atom. The van der Waals surface area contributed by atoms with Crippen LogP contribution in [0.5, 0.6) is 0 Å². The third kappa shape index (κ3) is 3.02. The van der Waals surface area contributed by atoms with Crippen LogP contribution in [0.15, 0.2) is 42.1 Å². The lowest BCUT2D eigenvalue weighted by Crippen LogP contribution is -2.42. The van der Waals surface area contributed by atoms with Crippen LogP contribution in [-0.4, -0.2) is 36.8 Å². The van der Waals surface area contributed by atoms with E-state index in [1.54, 1.807) is 0 Å². The molecular weight excluding hydrogens is 376 g/mol. The minimum atomic E-state index is -0.309. The highest BCUT2D eigenvalue weighted by Gasteiger charge is 2.41. The fourth-order valence-corrected chi connectivity index (χ4v) is 5.15. The lowest BCUT2D eigenvalue weighted by Gasteiger charge is -2.39. The van der Waals surface area contributed by atoms with Gasteiger partial charge in [0.25, 0.3) is 0 Å². The van der Waals surface area contributed by atoms with E-state index in [0.29, 0.717) is 24.0 Å². The molecule has 1 aromatic carbocycles. The molecule has 1 aromatic heterocycles. The molecule has 6 heteroatoms. The monoisotopic (exact) mass is 404 g/mol. The molecular formula is C24H28N4O2. The first-order valence-corrected chi connectivity index (χ1v) is 10.8. The summed E-state index contributed by atoms with van der Waals surface area (Å²) in [6.07, 6.45) is 4.81. The molecule has 4 heterocycles. The van der Waals surface area contributed by atoms with E-state index < -0.39 is 0 Å². The number of ether oxygens (including phenoxy) is 1. The molecule has 0 bridgehead atoms. The summed E-state index contributed by atoms with van der Waals surface area (Å²) in [7, 11) is 0. The van der Waals surface area contributed by atoms with Crippen molar-refractivity contribution in [1.82, 2.24) is 4.98 Å². The van der Waals surface area contributed by atoms with Crippen LogP contribution in [0.25, 0.3) is 6.08 Å². The smallest absolute Gasteiger partial charge is 0.338 e. The van der Waals surface area contributed by atoms with E-state index >= 15 is 0 Å². The molecule has 3 atom stereocenters. The minimum Gasteiger partial charge on any atom is -0.463 e. The third-order valence-corrected chi connectivity index (χ3v) is 6.20. The molecule has 0 saturated carbocycles. The first-order chi connectivity index (χ1) is 14.6. The van der Waals surface area contributed by atoms with Gasteiger partial charge in [-0.25, -0.2) is 9.78 Å². The highest BCUT2D eigenvalue weighted by atomic mass is 16.5. The Morgan fingerprint density at radius 2 is 1.93 bits per heavy atom. The van der Waals surface area contributed by atoms with Crippen molar-refractivity contribution in [2.45, 2.75) is 33.4 Å². The van der Waals surface area contributed by atoms with Gasteiger partial charge in [-0.1, -0.05) is 26.0 Å². The molecule has 0 radical (unpaired) electrons. The van der Waals surface area contributed by atoms with Gasteiger partial charge in [-0.05, 0) is 49.5 Å². The van der Waals surface area contributed by atoms with Gasteiger partial charge in [0.15, 0.2) is 0 Å². The van der Waals surface area contributed by atoms with Crippen molar-refractivity contribution >= 4 is 34.9 Å². The highest BCUT2D eigenvalue weighted by Crippen LogP contribution is 2.48. The number of piperidine rings is 1. The van der Waals surface area contributed by atoms with Crippen molar-refractivity contribution in [2.24, 2.45) is 11.8 Å². The zero-order chi connectivity index (χ0) is 20.8. The highest BCUT2D eigenvalue weighted by molar-refractivity contribution is 6.04. The Kier molecular flexibility index (Phi) is 4.65. The summed E-state index contributed by atoms with van der Waals surface area (Å²) in [5, 5.41) is 3.48. The fourth-order valence-electron chi connectivity index (χ4n) is 5.15. The van der Waals surface area contributed by atoms with Gasteiger partial charge < -0.3 is 15.0 Å². The fraction of sp³-hybridized carbons (Fsp3) is 0.417. The normalized spacial score (nSPS) is 24.4. The second kappa shape index (κ2) is 7.35. The van der Waals surface area contributed by atoms with Crippen LogP contribution in [0.1, 0.15) is 32.8 Å². The molecule has 3 aliphatic rings. The maximum Gasteiger partial charge on any atom is 0.338 e. The summed E-state index contributed by atoms with van der Waals surface area (Å²) in [6, 6.07) is 10.2. The van der Waals surface area contributed by atoms with Crippen molar-refractivity contribution in [2.75, 3.05) is 34.8 Å². The van der Waals surface area contributed by atoms with Crippen molar-refractivity contribution in [1.29, 1.82) is 0 Å². The molecule has 0 aliphatic carbocycles. The predicted molar refractivity (Wildman–Crippen MR) is 120 cm³/mol. The van der Waals surface area contributed by atoms with E-state index in [0.717, 1.165) is 41.5 Å². The summed E-state index contributed by atoms with van der Waals surface area (Å²) in [5.41, 5.74) is 4.79. The molecule has 1 fully saturated rings. The number of hydrogen-bond donors (Lipinski definition) is 1. The van der Waals surface area contributed by atoms with Crippen LogP contribution in [0, 0.1) is 11.8 Å². The number of rotatable bonds is 3. The van der Waals surface area contributed by atoms with E-state index in [4.69, 9.17) is 9.72 Å². The number of carbonyl (C=O) groups excluding carboxylic acids is 1. The number of nitrogens with zero attached hydrogens (tertiary/aromatic N) is 3. The minimum absolute atomic E-state index is 0.284. The molecule has 0 amide bonds. The number of hydrogen-bond acceptors (Lipinski definition) is 6. The van der Waals surface area contributed by atoms with E-state index in [-0.39, 0.29) is 12.1 Å². The summed E-state index contributed by atoms with van der Waals surface area (Å²) in [5.74, 6) is 1.87. The first-order valence-electron chi connectivity index (χ1n) is 10.8. The summed E-state index contributed by atoms with van der Waals surface area (Å²) in [4.78, 5) is 22.2. The molecule has 1 N–H and O–H groups in total. The summed E-state index contributed by atoms with van der Waals surface area (Å²) < 4.78 is 5.41. The molecule has 0 spiro atoms. The van der Waals surface area contributed by atoms with Crippen LogP contribution < -0.4 is 15.1 Å². The van der Waals surface area contributed by atoms with Crippen LogP contribution in [0.3, 0.4) is 0 Å². The number of pyridine rings is 1. The lowest BCUT2D eigenvalue weighted by atomic mass is 9.90. The number of fused-ring (bicyclic) bond motifs is 5. The second-order valence-electron chi connectivity index (χ2n) is 8.67. The average molecular weight is 405 g/mol. The zero-order valence-corrected chi connectivity index (χ0v) is 17.8. The lowest BCUT2D eigenvalue weighted by molar-refractivity contribution is -0.138. The topological polar surface area (TPSA) is 57.7 Å². The summed E-state index contributed by atoms with van der Waals surface area (Å²) >= 11 is 0. The van der Waals surface area contributed by atoms with Crippen LogP contribution in [0.2, 0.25) is 0 Å². The van der Waals surface area contributed by atoms with Gasteiger partial charge >= 0.3 is 5.97 Å². The van der Waals surface area contributed by atoms with Crippen molar-refractivity contribution < 1.29 is 9.53 Å². The van der Waals surface area contributed by atoms with Crippen molar-refractivity contribution in [3.63, 3.8) is 0 Å². The number of carbonyl (C=O) groups is 1. The van der Waals surface area contributed by atoms with Crippen LogP contribution >= 0.6 is 0 Å². The van der Waals surface area contributed by atoms with Gasteiger partial charge in [0.1, 0.15) is 12.0 Å². The van der Waals surface area contributed by atoms with Gasteiger partial charge in [-0.2, -0.15) is 0 Å².